The zero-order valence-corrected chi connectivity index (χ0v) is 8.57. The maximum absolute atomic E-state index is 4.95. The van der Waals surface area contributed by atoms with Crippen LogP contribution in [-0.2, 0) is 11.3 Å². The first kappa shape index (κ1) is 11.1. The van der Waals surface area contributed by atoms with Crippen molar-refractivity contribution < 1.29 is 4.74 Å². The van der Waals surface area contributed by atoms with Gasteiger partial charge in [0.25, 0.3) is 0 Å². The van der Waals surface area contributed by atoms with Gasteiger partial charge in [0.2, 0.25) is 0 Å². The first-order valence-corrected chi connectivity index (χ1v) is 4.89. The average Bonchev–Trinajstić information content (AvgIpc) is 2.25. The molecule has 0 aromatic carbocycles. The van der Waals surface area contributed by atoms with Crippen molar-refractivity contribution in [3.63, 3.8) is 0 Å². The van der Waals surface area contributed by atoms with Gasteiger partial charge in [0, 0.05) is 26.1 Å². The lowest BCUT2D eigenvalue weighted by molar-refractivity contribution is 0.192. The van der Waals surface area contributed by atoms with Crippen LogP contribution in [-0.4, -0.2) is 30.2 Å². The Morgan fingerprint density at radius 1 is 1.29 bits per heavy atom. The topological polar surface area (TPSA) is 47.0 Å². The van der Waals surface area contributed by atoms with Crippen molar-refractivity contribution in [2.24, 2.45) is 0 Å². The van der Waals surface area contributed by atoms with E-state index in [-0.39, 0.29) is 0 Å². The minimum Gasteiger partial charge on any atom is -0.385 e. The summed E-state index contributed by atoms with van der Waals surface area (Å²) in [5.41, 5.74) is 0. The molecule has 14 heavy (non-hydrogen) atoms. The smallest absolute Gasteiger partial charge is 0.141 e. The van der Waals surface area contributed by atoms with Gasteiger partial charge in [-0.2, -0.15) is 0 Å². The molecule has 1 aromatic heterocycles. The van der Waals surface area contributed by atoms with E-state index in [4.69, 9.17) is 4.74 Å². The van der Waals surface area contributed by atoms with E-state index in [1.807, 2.05) is 6.07 Å². The zero-order chi connectivity index (χ0) is 10.1. The molecule has 0 spiro atoms. The predicted molar refractivity (Wildman–Crippen MR) is 54.8 cm³/mol. The molecule has 0 bridgehead atoms. The van der Waals surface area contributed by atoms with E-state index in [0.717, 1.165) is 38.4 Å². The van der Waals surface area contributed by atoms with Crippen LogP contribution in [0.15, 0.2) is 18.5 Å². The van der Waals surface area contributed by atoms with Gasteiger partial charge in [0.1, 0.15) is 5.82 Å². The molecule has 1 N–H and O–H groups in total. The molecule has 78 valence electrons. The number of nitrogens with one attached hydrogen (secondary N) is 1. The largest absolute Gasteiger partial charge is 0.385 e. The average molecular weight is 195 g/mol. The highest BCUT2D eigenvalue weighted by atomic mass is 16.5. The molecule has 0 saturated carbocycles. The maximum atomic E-state index is 4.95. The molecular formula is C10H17N3O. The molecule has 0 fully saturated rings. The number of hydrogen-bond acceptors (Lipinski definition) is 4. The van der Waals surface area contributed by atoms with Crippen LogP contribution in [0.2, 0.25) is 0 Å². The quantitative estimate of drug-likeness (QED) is 0.659. The first-order chi connectivity index (χ1) is 6.93. The third-order valence-electron chi connectivity index (χ3n) is 1.85. The standard InChI is InChI=1S/C10H17N3O/c1-14-8-3-2-5-11-9-10-12-6-4-7-13-10/h4,6-7,11H,2-3,5,8-9H2,1H3. The van der Waals surface area contributed by atoms with Gasteiger partial charge in [-0.25, -0.2) is 9.97 Å². The Balaban J connectivity index is 1.99. The van der Waals surface area contributed by atoms with Gasteiger partial charge >= 0.3 is 0 Å². The number of methoxy groups -OCH3 is 1. The van der Waals surface area contributed by atoms with Gasteiger partial charge in [-0.3, -0.25) is 0 Å². The number of hydrogen-bond donors (Lipinski definition) is 1. The molecule has 0 atom stereocenters. The molecule has 0 saturated heterocycles. The van der Waals surface area contributed by atoms with Crippen molar-refractivity contribution in [3.05, 3.63) is 24.3 Å². The molecule has 0 unspecified atom stereocenters. The molecule has 1 rings (SSSR count). The lowest BCUT2D eigenvalue weighted by atomic mass is 10.3. The summed E-state index contributed by atoms with van der Waals surface area (Å²) in [6.07, 6.45) is 5.74. The number of unbranched alkanes of at least 4 members (excludes halogenated alkanes) is 1. The molecule has 0 radical (unpaired) electrons. The molecule has 0 aliphatic rings. The first-order valence-electron chi connectivity index (χ1n) is 4.89. The number of ether oxygens (including phenoxy) is 1. The SMILES string of the molecule is COCCCCNCc1ncccn1. The van der Waals surface area contributed by atoms with E-state index >= 15 is 0 Å². The van der Waals surface area contributed by atoms with Gasteiger partial charge in [-0.1, -0.05) is 0 Å². The highest BCUT2D eigenvalue weighted by molar-refractivity contribution is 4.87. The van der Waals surface area contributed by atoms with Crippen LogP contribution in [0.3, 0.4) is 0 Å². The summed E-state index contributed by atoms with van der Waals surface area (Å²) in [5.74, 6) is 0.847. The van der Waals surface area contributed by atoms with Crippen molar-refractivity contribution >= 4 is 0 Å². The second-order valence-corrected chi connectivity index (χ2v) is 3.04. The molecule has 0 amide bonds. The van der Waals surface area contributed by atoms with Gasteiger partial charge in [0.15, 0.2) is 0 Å². The van der Waals surface area contributed by atoms with E-state index in [2.05, 4.69) is 15.3 Å². The van der Waals surface area contributed by atoms with E-state index in [9.17, 15) is 0 Å². The summed E-state index contributed by atoms with van der Waals surface area (Å²) >= 11 is 0. The Labute approximate surface area is 84.7 Å². The van der Waals surface area contributed by atoms with Crippen LogP contribution in [0, 0.1) is 0 Å². The second-order valence-electron chi connectivity index (χ2n) is 3.04. The molecule has 0 aliphatic heterocycles. The Kier molecular flexibility index (Phi) is 5.86. The van der Waals surface area contributed by atoms with Crippen molar-refractivity contribution in [2.75, 3.05) is 20.3 Å². The van der Waals surface area contributed by atoms with Crippen LogP contribution in [0.4, 0.5) is 0 Å². The molecule has 1 aromatic rings. The third kappa shape index (κ3) is 4.89. The summed E-state index contributed by atoms with van der Waals surface area (Å²) in [6.45, 7) is 2.57. The van der Waals surface area contributed by atoms with Crippen LogP contribution in [0.25, 0.3) is 0 Å². The van der Waals surface area contributed by atoms with Crippen molar-refractivity contribution in [3.8, 4) is 0 Å². The van der Waals surface area contributed by atoms with Crippen LogP contribution in [0.5, 0.6) is 0 Å². The summed E-state index contributed by atoms with van der Waals surface area (Å²) < 4.78 is 4.95. The van der Waals surface area contributed by atoms with E-state index in [1.54, 1.807) is 19.5 Å². The summed E-state index contributed by atoms with van der Waals surface area (Å²) in [4.78, 5) is 8.23. The van der Waals surface area contributed by atoms with Gasteiger partial charge in [-0.15, -0.1) is 0 Å². The van der Waals surface area contributed by atoms with E-state index in [0.29, 0.717) is 0 Å². The lowest BCUT2D eigenvalue weighted by Gasteiger charge is -2.02. The molecular weight excluding hydrogens is 178 g/mol. The molecule has 1 heterocycles. The Bertz CT molecular complexity index is 228. The Hall–Kier alpha value is -1.00. The lowest BCUT2D eigenvalue weighted by Crippen LogP contribution is -2.16. The van der Waals surface area contributed by atoms with E-state index in [1.165, 1.54) is 0 Å². The van der Waals surface area contributed by atoms with Crippen molar-refractivity contribution in [1.29, 1.82) is 0 Å². The van der Waals surface area contributed by atoms with Crippen molar-refractivity contribution in [2.45, 2.75) is 19.4 Å². The Morgan fingerprint density at radius 2 is 2.07 bits per heavy atom. The fourth-order valence-corrected chi connectivity index (χ4v) is 1.12. The summed E-state index contributed by atoms with van der Waals surface area (Å²) in [6, 6.07) is 1.82. The predicted octanol–water partition coefficient (Wildman–Crippen LogP) is 0.993. The zero-order valence-electron chi connectivity index (χ0n) is 8.57. The monoisotopic (exact) mass is 195 g/mol. The fourth-order valence-electron chi connectivity index (χ4n) is 1.12. The number of nitrogens with zero attached hydrogens (tertiary/aromatic N) is 2. The molecule has 4 nitrogen and oxygen atoms in total. The van der Waals surface area contributed by atoms with Crippen LogP contribution >= 0.6 is 0 Å². The number of aromatic nitrogens is 2. The third-order valence-corrected chi connectivity index (χ3v) is 1.85. The second kappa shape index (κ2) is 7.41. The van der Waals surface area contributed by atoms with E-state index < -0.39 is 0 Å². The molecule has 0 aliphatic carbocycles. The van der Waals surface area contributed by atoms with Crippen molar-refractivity contribution in [1.82, 2.24) is 15.3 Å². The number of rotatable bonds is 7. The van der Waals surface area contributed by atoms with Crippen LogP contribution < -0.4 is 5.32 Å². The normalized spacial score (nSPS) is 10.4. The maximum Gasteiger partial charge on any atom is 0.141 e. The molecule has 4 heteroatoms. The summed E-state index contributed by atoms with van der Waals surface area (Å²) in [5, 5.41) is 3.28. The Morgan fingerprint density at radius 3 is 2.79 bits per heavy atom. The van der Waals surface area contributed by atoms with Gasteiger partial charge < -0.3 is 10.1 Å². The highest BCUT2D eigenvalue weighted by Crippen LogP contribution is 1.89. The minimum absolute atomic E-state index is 0.744. The highest BCUT2D eigenvalue weighted by Gasteiger charge is 1.93. The van der Waals surface area contributed by atoms with Crippen LogP contribution in [0.1, 0.15) is 18.7 Å². The summed E-state index contributed by atoms with van der Waals surface area (Å²) in [7, 11) is 1.73. The van der Waals surface area contributed by atoms with Gasteiger partial charge in [-0.05, 0) is 25.5 Å². The van der Waals surface area contributed by atoms with Gasteiger partial charge in [0.05, 0.1) is 6.54 Å². The minimum atomic E-state index is 0.744. The fraction of sp³-hybridized carbons (Fsp3) is 0.600.